The summed E-state index contributed by atoms with van der Waals surface area (Å²) in [7, 11) is 0. The summed E-state index contributed by atoms with van der Waals surface area (Å²) in [6, 6.07) is 7.75. The summed E-state index contributed by atoms with van der Waals surface area (Å²) >= 11 is 7.89. The van der Waals surface area contributed by atoms with Gasteiger partial charge in [0.05, 0.1) is 16.1 Å². The lowest BCUT2D eigenvalue weighted by atomic mass is 10.3. The Morgan fingerprint density at radius 2 is 2.31 bits per heavy atom. The summed E-state index contributed by atoms with van der Waals surface area (Å²) in [6.45, 7) is 0.234. The zero-order chi connectivity index (χ0) is 11.4. The van der Waals surface area contributed by atoms with Crippen molar-refractivity contribution in [1.82, 2.24) is 4.98 Å². The van der Waals surface area contributed by atoms with Crippen molar-refractivity contribution in [1.29, 1.82) is 0 Å². The molecule has 0 amide bonds. The second-order valence-electron chi connectivity index (χ2n) is 2.84. The molecular formula is C10H8ClNO2S2. The van der Waals surface area contributed by atoms with Crippen molar-refractivity contribution in [2.45, 2.75) is 4.34 Å². The second-order valence-corrected chi connectivity index (χ2v) is 5.43. The number of thiazole rings is 1. The van der Waals surface area contributed by atoms with Gasteiger partial charge in [-0.2, -0.15) is 0 Å². The molecule has 3 nitrogen and oxygen atoms in total. The highest BCUT2D eigenvalue weighted by Gasteiger charge is 2.10. The summed E-state index contributed by atoms with van der Waals surface area (Å²) in [6.07, 6.45) is 0. The highest BCUT2D eigenvalue weighted by atomic mass is 35.5. The molecule has 0 unspecified atom stereocenters. The second kappa shape index (κ2) is 5.52. The lowest BCUT2D eigenvalue weighted by molar-refractivity contribution is 0.182. The molecule has 0 radical (unpaired) electrons. The summed E-state index contributed by atoms with van der Waals surface area (Å²) in [4.78, 5) is 15.6. The Bertz CT molecular complexity index is 467. The number of carbonyl (C=O) groups is 1. The molecule has 0 saturated carbocycles. The van der Waals surface area contributed by atoms with Gasteiger partial charge < -0.3 is 4.74 Å². The van der Waals surface area contributed by atoms with Crippen LogP contribution in [0.2, 0.25) is 0 Å². The number of carbonyl (C=O) groups excluding carboxylic acids is 1. The molecular weight excluding hydrogens is 266 g/mol. The van der Waals surface area contributed by atoms with Crippen LogP contribution in [0.25, 0.3) is 10.2 Å². The number of hydrogen-bond donors (Lipinski definition) is 0. The molecule has 2 rings (SSSR count). The molecule has 2 aromatic rings. The van der Waals surface area contributed by atoms with Crippen LogP contribution >= 0.6 is 34.7 Å². The maximum Gasteiger partial charge on any atom is 0.374 e. The predicted octanol–water partition coefficient (Wildman–Crippen LogP) is 3.76. The minimum atomic E-state index is -0.361. The molecule has 0 N–H and O–H groups in total. The van der Waals surface area contributed by atoms with E-state index in [0.717, 1.165) is 22.0 Å². The summed E-state index contributed by atoms with van der Waals surface area (Å²) in [5.74, 6) is 0.312. The first-order chi connectivity index (χ1) is 7.79. The maximum atomic E-state index is 11.3. The van der Waals surface area contributed by atoms with Crippen molar-refractivity contribution in [3.05, 3.63) is 24.3 Å². The molecule has 0 atom stereocenters. The highest BCUT2D eigenvalue weighted by molar-refractivity contribution is 8.14. The van der Waals surface area contributed by atoms with Crippen LogP contribution in [0.15, 0.2) is 28.6 Å². The Hall–Kier alpha value is -0.780. The van der Waals surface area contributed by atoms with Gasteiger partial charge in [0.25, 0.3) is 0 Å². The number of nitrogens with zero attached hydrogens (tertiary/aromatic N) is 1. The predicted molar refractivity (Wildman–Crippen MR) is 67.5 cm³/mol. The van der Waals surface area contributed by atoms with Crippen LogP contribution < -0.4 is 0 Å². The maximum absolute atomic E-state index is 11.3. The zero-order valence-corrected chi connectivity index (χ0v) is 10.6. The van der Waals surface area contributed by atoms with Crippen LogP contribution in [0.1, 0.15) is 0 Å². The first-order valence-electron chi connectivity index (χ1n) is 4.56. The number of rotatable bonds is 3. The minimum Gasteiger partial charge on any atom is -0.456 e. The average Bonchev–Trinajstić information content (AvgIpc) is 2.68. The Kier molecular flexibility index (Phi) is 4.04. The molecule has 0 saturated heterocycles. The van der Waals surface area contributed by atoms with Crippen molar-refractivity contribution in [2.24, 2.45) is 0 Å². The number of ether oxygens (including phenoxy) is 1. The van der Waals surface area contributed by atoms with E-state index in [9.17, 15) is 4.79 Å². The van der Waals surface area contributed by atoms with Crippen LogP contribution in [-0.2, 0) is 4.74 Å². The third-order valence-corrected chi connectivity index (χ3v) is 3.78. The van der Waals surface area contributed by atoms with Crippen LogP contribution in [0, 0.1) is 0 Å². The molecule has 0 aliphatic rings. The number of halogens is 1. The van der Waals surface area contributed by atoms with Crippen LogP contribution in [0.4, 0.5) is 4.79 Å². The molecule has 0 spiro atoms. The van der Waals surface area contributed by atoms with Crippen molar-refractivity contribution in [3.63, 3.8) is 0 Å². The number of aromatic nitrogens is 1. The molecule has 1 aromatic heterocycles. The standard InChI is InChI=1S/C10H8ClNO2S2/c11-5-6-14-10(13)16-9-12-7-3-1-2-4-8(7)15-9/h1-4H,5-6H2. The van der Waals surface area contributed by atoms with E-state index >= 15 is 0 Å². The topological polar surface area (TPSA) is 39.2 Å². The summed E-state index contributed by atoms with van der Waals surface area (Å²) in [5.41, 5.74) is 0.903. The number of thioether (sulfide) groups is 1. The van der Waals surface area contributed by atoms with Crippen LogP contribution in [-0.4, -0.2) is 22.8 Å². The number of alkyl halides is 1. The van der Waals surface area contributed by atoms with Crippen molar-refractivity contribution in [3.8, 4) is 0 Å². The lowest BCUT2D eigenvalue weighted by Crippen LogP contribution is -1.99. The first-order valence-corrected chi connectivity index (χ1v) is 6.72. The van der Waals surface area contributed by atoms with E-state index in [-0.39, 0.29) is 11.9 Å². The lowest BCUT2D eigenvalue weighted by Gasteiger charge is -1.97. The third kappa shape index (κ3) is 2.87. The third-order valence-electron chi connectivity index (χ3n) is 1.74. The van der Waals surface area contributed by atoms with E-state index in [1.165, 1.54) is 11.3 Å². The fourth-order valence-electron chi connectivity index (χ4n) is 1.12. The average molecular weight is 274 g/mol. The van der Waals surface area contributed by atoms with E-state index in [0.29, 0.717) is 10.2 Å². The van der Waals surface area contributed by atoms with Gasteiger partial charge in [0.1, 0.15) is 6.61 Å². The number of para-hydroxylation sites is 1. The fourth-order valence-corrected chi connectivity index (χ4v) is 2.96. The molecule has 0 fully saturated rings. The molecule has 16 heavy (non-hydrogen) atoms. The Labute approximate surface area is 106 Å². The quantitative estimate of drug-likeness (QED) is 0.485. The molecule has 1 heterocycles. The van der Waals surface area contributed by atoms with Gasteiger partial charge in [-0.1, -0.05) is 12.1 Å². The zero-order valence-electron chi connectivity index (χ0n) is 8.18. The Balaban J connectivity index is 2.07. The largest absolute Gasteiger partial charge is 0.456 e. The number of benzene rings is 1. The molecule has 0 aliphatic carbocycles. The molecule has 1 aromatic carbocycles. The Morgan fingerprint density at radius 1 is 1.50 bits per heavy atom. The van der Waals surface area contributed by atoms with E-state index < -0.39 is 0 Å². The van der Waals surface area contributed by atoms with E-state index in [1.807, 2.05) is 24.3 Å². The summed E-state index contributed by atoms with van der Waals surface area (Å²) in [5, 5.41) is -0.361. The smallest absolute Gasteiger partial charge is 0.374 e. The van der Waals surface area contributed by atoms with Crippen LogP contribution in [0.5, 0.6) is 0 Å². The Morgan fingerprint density at radius 3 is 3.06 bits per heavy atom. The van der Waals surface area contributed by atoms with Gasteiger partial charge in [-0.25, -0.2) is 9.78 Å². The van der Waals surface area contributed by atoms with Gasteiger partial charge >= 0.3 is 5.30 Å². The SMILES string of the molecule is O=C(OCCCl)Sc1nc2ccccc2s1. The first kappa shape index (κ1) is 11.7. The monoisotopic (exact) mass is 273 g/mol. The van der Waals surface area contributed by atoms with E-state index in [1.54, 1.807) is 0 Å². The van der Waals surface area contributed by atoms with Crippen molar-refractivity contribution in [2.75, 3.05) is 12.5 Å². The number of hydrogen-bond acceptors (Lipinski definition) is 5. The fraction of sp³-hybridized carbons (Fsp3) is 0.200. The van der Waals surface area contributed by atoms with E-state index in [4.69, 9.17) is 16.3 Å². The van der Waals surface area contributed by atoms with E-state index in [2.05, 4.69) is 4.98 Å². The van der Waals surface area contributed by atoms with Gasteiger partial charge in [-0.3, -0.25) is 0 Å². The summed E-state index contributed by atoms with van der Waals surface area (Å²) < 4.78 is 6.61. The number of fused-ring (bicyclic) bond motifs is 1. The molecule has 6 heteroatoms. The normalized spacial score (nSPS) is 10.6. The van der Waals surface area contributed by atoms with Crippen molar-refractivity contribution < 1.29 is 9.53 Å². The minimum absolute atomic E-state index is 0.234. The van der Waals surface area contributed by atoms with Crippen molar-refractivity contribution >= 4 is 50.2 Å². The van der Waals surface area contributed by atoms with Gasteiger partial charge in [-0.05, 0) is 12.1 Å². The molecule has 0 bridgehead atoms. The molecule has 84 valence electrons. The van der Waals surface area contributed by atoms with Gasteiger partial charge in [0, 0.05) is 11.8 Å². The van der Waals surface area contributed by atoms with Crippen LogP contribution in [0.3, 0.4) is 0 Å². The molecule has 0 aliphatic heterocycles. The van der Waals surface area contributed by atoms with Gasteiger partial charge in [-0.15, -0.1) is 22.9 Å². The van der Waals surface area contributed by atoms with Gasteiger partial charge in [0.2, 0.25) is 0 Å². The highest BCUT2D eigenvalue weighted by Crippen LogP contribution is 2.30. The van der Waals surface area contributed by atoms with Gasteiger partial charge in [0.15, 0.2) is 4.34 Å².